The first-order valence-corrected chi connectivity index (χ1v) is 16.7. The Labute approximate surface area is 269 Å². The van der Waals surface area contributed by atoms with Gasteiger partial charge in [-0.05, 0) is 67.6 Å². The second-order valence-corrected chi connectivity index (χ2v) is 13.8. The third-order valence-electron chi connectivity index (χ3n) is 8.09. The van der Waals surface area contributed by atoms with Gasteiger partial charge >= 0.3 is 6.09 Å². The Morgan fingerprint density at radius 2 is 1.78 bits per heavy atom. The standard InChI is InChI=1S/C33H40ClFN4O5S/c1-21(2)30(23-10-8-11-24(34)18-23)31(38-33(41)44-4)32(40)37-29-15-9-14-28(35)27(29)17-16-25-20-36-19-22(3)39(25)45(42,43)26-12-6-5-7-13-26/h5-15,18,21-22,25,30-31,36H,16-17,19-20H2,1-4H3,(H,37,40)(H,38,41). The molecule has 1 aliphatic heterocycles. The van der Waals surface area contributed by atoms with Crippen LogP contribution in [-0.2, 0) is 26.0 Å². The predicted molar refractivity (Wildman–Crippen MR) is 173 cm³/mol. The monoisotopic (exact) mass is 658 g/mol. The van der Waals surface area contributed by atoms with E-state index >= 15 is 4.39 Å². The maximum absolute atomic E-state index is 15.4. The summed E-state index contributed by atoms with van der Waals surface area (Å²) in [7, 11) is -2.60. The van der Waals surface area contributed by atoms with E-state index in [4.69, 9.17) is 16.3 Å². The molecule has 1 heterocycles. The van der Waals surface area contributed by atoms with Crippen molar-refractivity contribution in [1.82, 2.24) is 14.9 Å². The third-order valence-corrected chi connectivity index (χ3v) is 10.4. The number of sulfonamides is 1. The molecule has 1 aliphatic rings. The van der Waals surface area contributed by atoms with Crippen LogP contribution in [0.5, 0.6) is 0 Å². The number of piperazine rings is 1. The summed E-state index contributed by atoms with van der Waals surface area (Å²) in [5.41, 5.74) is 1.22. The first-order chi connectivity index (χ1) is 21.4. The van der Waals surface area contributed by atoms with Crippen molar-refractivity contribution in [2.45, 2.75) is 62.6 Å². The van der Waals surface area contributed by atoms with E-state index in [-0.39, 0.29) is 34.5 Å². The lowest BCUT2D eigenvalue weighted by atomic mass is 9.82. The van der Waals surface area contributed by atoms with E-state index in [9.17, 15) is 18.0 Å². The number of rotatable bonds is 11. The lowest BCUT2D eigenvalue weighted by molar-refractivity contribution is -0.118. The largest absolute Gasteiger partial charge is 0.453 e. The van der Waals surface area contributed by atoms with Crippen molar-refractivity contribution < 1.29 is 27.1 Å². The number of benzene rings is 3. The molecule has 3 N–H and O–H groups in total. The van der Waals surface area contributed by atoms with E-state index in [1.54, 1.807) is 54.6 Å². The summed E-state index contributed by atoms with van der Waals surface area (Å²) < 4.78 is 49.0. The van der Waals surface area contributed by atoms with Crippen LogP contribution in [0, 0.1) is 11.7 Å². The van der Waals surface area contributed by atoms with Gasteiger partial charge in [0, 0.05) is 47.4 Å². The summed E-state index contributed by atoms with van der Waals surface area (Å²) in [5.74, 6) is -1.70. The van der Waals surface area contributed by atoms with Gasteiger partial charge in [-0.25, -0.2) is 17.6 Å². The van der Waals surface area contributed by atoms with Gasteiger partial charge in [0.05, 0.1) is 12.0 Å². The highest BCUT2D eigenvalue weighted by Crippen LogP contribution is 2.32. The SMILES string of the molecule is COC(=O)NC(C(=O)Nc1cccc(F)c1CCC1CNCC(C)N1S(=O)(=O)c1ccccc1)C(c1cccc(Cl)c1)C(C)C. The number of carbonyl (C=O) groups is 2. The number of amides is 2. The molecule has 3 aromatic carbocycles. The fraction of sp³-hybridized carbons (Fsp3) is 0.394. The van der Waals surface area contributed by atoms with E-state index in [0.29, 0.717) is 24.5 Å². The van der Waals surface area contributed by atoms with Gasteiger partial charge in [0.2, 0.25) is 15.9 Å². The number of hydrogen-bond acceptors (Lipinski definition) is 6. The zero-order chi connectivity index (χ0) is 32.7. The van der Waals surface area contributed by atoms with E-state index in [1.165, 1.54) is 23.5 Å². The molecule has 1 saturated heterocycles. The molecule has 0 bridgehead atoms. The summed E-state index contributed by atoms with van der Waals surface area (Å²) in [4.78, 5) is 26.5. The van der Waals surface area contributed by atoms with Crippen LogP contribution in [-0.4, -0.2) is 63.0 Å². The van der Waals surface area contributed by atoms with Crippen molar-refractivity contribution >= 4 is 39.3 Å². The lowest BCUT2D eigenvalue weighted by Crippen LogP contribution is -2.58. The Balaban J connectivity index is 1.61. The summed E-state index contributed by atoms with van der Waals surface area (Å²) in [5, 5.41) is 9.26. The van der Waals surface area contributed by atoms with Crippen molar-refractivity contribution in [3.8, 4) is 0 Å². The number of ether oxygens (including phenoxy) is 1. The average Bonchev–Trinajstić information content (AvgIpc) is 3.00. The number of carbonyl (C=O) groups excluding carboxylic acids is 2. The fourth-order valence-corrected chi connectivity index (χ4v) is 8.07. The molecule has 12 heteroatoms. The Morgan fingerprint density at radius 1 is 1.07 bits per heavy atom. The van der Waals surface area contributed by atoms with Crippen molar-refractivity contribution in [3.63, 3.8) is 0 Å². The van der Waals surface area contributed by atoms with Gasteiger partial charge < -0.3 is 20.7 Å². The Morgan fingerprint density at radius 3 is 2.44 bits per heavy atom. The smallest absolute Gasteiger partial charge is 0.407 e. The molecule has 0 spiro atoms. The van der Waals surface area contributed by atoms with Crippen LogP contribution >= 0.6 is 11.6 Å². The van der Waals surface area contributed by atoms with Crippen LogP contribution in [0.25, 0.3) is 0 Å². The number of anilines is 1. The van der Waals surface area contributed by atoms with Crippen LogP contribution in [0.2, 0.25) is 5.02 Å². The van der Waals surface area contributed by atoms with Crippen LogP contribution in [0.1, 0.15) is 44.2 Å². The van der Waals surface area contributed by atoms with E-state index in [2.05, 4.69) is 16.0 Å². The minimum absolute atomic E-state index is 0.110. The molecule has 45 heavy (non-hydrogen) atoms. The van der Waals surface area contributed by atoms with Gasteiger partial charge in [0.25, 0.3) is 0 Å². The van der Waals surface area contributed by atoms with Crippen molar-refractivity contribution in [3.05, 3.63) is 94.8 Å². The van der Waals surface area contributed by atoms with Crippen LogP contribution < -0.4 is 16.0 Å². The van der Waals surface area contributed by atoms with Crippen LogP contribution in [0.15, 0.2) is 77.7 Å². The molecule has 4 atom stereocenters. The van der Waals surface area contributed by atoms with Crippen LogP contribution in [0.3, 0.4) is 0 Å². The number of nitrogens with one attached hydrogen (secondary N) is 3. The molecule has 0 radical (unpaired) electrons. The zero-order valence-electron chi connectivity index (χ0n) is 25.8. The van der Waals surface area contributed by atoms with E-state index in [0.717, 1.165) is 5.56 Å². The van der Waals surface area contributed by atoms with E-state index < -0.39 is 45.8 Å². The predicted octanol–water partition coefficient (Wildman–Crippen LogP) is 5.57. The number of methoxy groups -OCH3 is 1. The molecule has 4 unspecified atom stereocenters. The fourth-order valence-electron chi connectivity index (χ4n) is 6.01. The lowest BCUT2D eigenvalue weighted by Gasteiger charge is -2.40. The molecule has 0 aliphatic carbocycles. The van der Waals surface area contributed by atoms with Crippen molar-refractivity contribution in [2.24, 2.45) is 5.92 Å². The summed E-state index contributed by atoms with van der Waals surface area (Å²) in [6, 6.07) is 17.9. The molecule has 3 aromatic rings. The van der Waals surface area contributed by atoms with Crippen LogP contribution in [0.4, 0.5) is 14.9 Å². The zero-order valence-corrected chi connectivity index (χ0v) is 27.4. The number of halogens is 2. The molecule has 4 rings (SSSR count). The number of hydrogen-bond donors (Lipinski definition) is 3. The van der Waals surface area contributed by atoms with E-state index in [1.807, 2.05) is 26.8 Å². The summed E-state index contributed by atoms with van der Waals surface area (Å²) in [6.07, 6.45) is -0.339. The Hall–Kier alpha value is -3.51. The van der Waals surface area contributed by atoms with Gasteiger partial charge in [-0.1, -0.05) is 61.8 Å². The van der Waals surface area contributed by atoms with Gasteiger partial charge in [-0.2, -0.15) is 4.31 Å². The first kappa shape index (κ1) is 34.4. The summed E-state index contributed by atoms with van der Waals surface area (Å²) in [6.45, 7) is 6.57. The second-order valence-electron chi connectivity index (χ2n) is 11.5. The summed E-state index contributed by atoms with van der Waals surface area (Å²) >= 11 is 6.26. The molecule has 0 aromatic heterocycles. The van der Waals surface area contributed by atoms with Gasteiger partial charge in [0.1, 0.15) is 11.9 Å². The van der Waals surface area contributed by atoms with Gasteiger partial charge in [-0.3, -0.25) is 4.79 Å². The molecular weight excluding hydrogens is 619 g/mol. The quantitative estimate of drug-likeness (QED) is 0.248. The normalized spacial score (nSPS) is 18.6. The second kappa shape index (κ2) is 15.2. The maximum Gasteiger partial charge on any atom is 0.407 e. The maximum atomic E-state index is 15.4. The third kappa shape index (κ3) is 8.21. The molecule has 1 fully saturated rings. The molecule has 2 amide bonds. The topological polar surface area (TPSA) is 117 Å². The highest BCUT2D eigenvalue weighted by atomic mass is 35.5. The minimum atomic E-state index is -3.81. The minimum Gasteiger partial charge on any atom is -0.453 e. The molecule has 9 nitrogen and oxygen atoms in total. The highest BCUT2D eigenvalue weighted by Gasteiger charge is 2.38. The first-order valence-electron chi connectivity index (χ1n) is 14.9. The molecular formula is C33H40ClFN4O5S. The average molecular weight is 659 g/mol. The van der Waals surface area contributed by atoms with Gasteiger partial charge in [-0.15, -0.1) is 0 Å². The molecule has 0 saturated carbocycles. The Kier molecular flexibility index (Phi) is 11.6. The highest BCUT2D eigenvalue weighted by molar-refractivity contribution is 7.89. The van der Waals surface area contributed by atoms with Crippen molar-refractivity contribution in [2.75, 3.05) is 25.5 Å². The Bertz CT molecular complexity index is 1590. The number of alkyl carbamates (subject to hydrolysis) is 1. The van der Waals surface area contributed by atoms with Crippen molar-refractivity contribution in [1.29, 1.82) is 0 Å². The van der Waals surface area contributed by atoms with Gasteiger partial charge in [0.15, 0.2) is 0 Å². The molecule has 242 valence electrons. The number of nitrogens with zero attached hydrogens (tertiary/aromatic N) is 1.